The van der Waals surface area contributed by atoms with E-state index in [1.54, 1.807) is 19.1 Å². The van der Waals surface area contributed by atoms with Crippen molar-refractivity contribution >= 4 is 46.9 Å². The van der Waals surface area contributed by atoms with Gasteiger partial charge in [-0.05, 0) is 61.6 Å². The summed E-state index contributed by atoms with van der Waals surface area (Å²) in [7, 11) is 1.39. The maximum atomic E-state index is 14.3. The van der Waals surface area contributed by atoms with Gasteiger partial charge in [-0.15, -0.1) is 0 Å². The van der Waals surface area contributed by atoms with Gasteiger partial charge in [0, 0.05) is 5.92 Å². The van der Waals surface area contributed by atoms with Crippen molar-refractivity contribution in [1.29, 1.82) is 0 Å². The Balaban J connectivity index is 1.53. The number of fused-ring (bicyclic) bond motifs is 4. The number of hydrogen-bond donors (Lipinski definition) is 2. The molecule has 1 saturated carbocycles. The van der Waals surface area contributed by atoms with Crippen LogP contribution in [0.4, 0.5) is 14.9 Å². The quantitative estimate of drug-likeness (QED) is 0.416. The topological polar surface area (TPSA) is 147 Å². The number of phenols is 1. The monoisotopic (exact) mass is 581 g/mol. The number of nitrogens with two attached hydrogens (primary N) is 1. The zero-order valence-corrected chi connectivity index (χ0v) is 22.7. The van der Waals surface area contributed by atoms with E-state index in [4.69, 9.17) is 22.1 Å². The summed E-state index contributed by atoms with van der Waals surface area (Å²) < 4.78 is 19.1. The van der Waals surface area contributed by atoms with Crippen LogP contribution in [0.15, 0.2) is 48.0 Å². The summed E-state index contributed by atoms with van der Waals surface area (Å²) >= 11 is 5.99. The van der Waals surface area contributed by atoms with Gasteiger partial charge in [-0.1, -0.05) is 29.3 Å². The lowest BCUT2D eigenvalue weighted by molar-refractivity contribution is -0.136. The SMILES string of the molecule is COc1ccc(C2C3=CCC4C(=O)N(C(N)=O)C(=O)C4C3CC3C(=O)N(c4ccc(F)c(Cl)c4)C(=O)C32C)cc1O. The lowest BCUT2D eigenvalue weighted by atomic mass is 9.51. The molecule has 3 fully saturated rings. The number of imide groups is 4. The molecule has 41 heavy (non-hydrogen) atoms. The number of phenolic OH excluding ortho intramolecular Hbond substituents is 1. The Kier molecular flexibility index (Phi) is 6.00. The minimum atomic E-state index is -1.39. The maximum Gasteiger partial charge on any atom is 0.328 e. The Morgan fingerprint density at radius 3 is 2.46 bits per heavy atom. The number of carbonyl (C=O) groups is 5. The van der Waals surface area contributed by atoms with Crippen molar-refractivity contribution in [1.82, 2.24) is 4.90 Å². The van der Waals surface area contributed by atoms with Gasteiger partial charge in [-0.25, -0.2) is 14.1 Å². The highest BCUT2D eigenvalue weighted by atomic mass is 35.5. The number of ether oxygens (including phenoxy) is 1. The standard InChI is InChI=1S/C29H25ClFN3O7/c1-29-17(25(37)33(27(29)39)13-4-7-19(31)18(30)10-13)11-16-14(23(29)12-3-8-21(41-2)20(35)9-12)5-6-15-22(16)26(38)34(24(15)36)28(32)40/h3-5,7-10,15-17,22-23,35H,6,11H2,1-2H3,(H2,32,40). The third-order valence-electron chi connectivity index (χ3n) is 9.19. The lowest BCUT2D eigenvalue weighted by Gasteiger charge is -2.49. The fourth-order valence-electron chi connectivity index (χ4n) is 7.37. The number of hydrogen-bond acceptors (Lipinski definition) is 7. The molecule has 6 unspecified atom stereocenters. The molecule has 2 aromatic rings. The zero-order valence-electron chi connectivity index (χ0n) is 22.0. The number of amides is 6. The van der Waals surface area contributed by atoms with Crippen molar-refractivity contribution < 1.29 is 38.2 Å². The summed E-state index contributed by atoms with van der Waals surface area (Å²) in [5.41, 5.74) is 5.22. The molecular formula is C29H25ClFN3O7. The van der Waals surface area contributed by atoms with Crippen LogP contribution in [0.1, 0.15) is 31.2 Å². The fraction of sp³-hybridized carbons (Fsp3) is 0.345. The molecule has 2 heterocycles. The molecule has 0 radical (unpaired) electrons. The van der Waals surface area contributed by atoms with Crippen molar-refractivity contribution in [3.8, 4) is 11.5 Å². The first-order valence-electron chi connectivity index (χ1n) is 13.0. The molecule has 12 heteroatoms. The lowest BCUT2D eigenvalue weighted by Crippen LogP contribution is -2.49. The summed E-state index contributed by atoms with van der Waals surface area (Å²) in [6, 6.07) is 7.05. The van der Waals surface area contributed by atoms with Gasteiger partial charge >= 0.3 is 6.03 Å². The number of anilines is 1. The molecule has 2 aromatic carbocycles. The van der Waals surface area contributed by atoms with Gasteiger partial charge in [-0.3, -0.25) is 19.2 Å². The highest BCUT2D eigenvalue weighted by molar-refractivity contribution is 6.31. The number of carbonyl (C=O) groups excluding carboxylic acids is 5. The normalized spacial score (nSPS) is 30.6. The summed E-state index contributed by atoms with van der Waals surface area (Å²) in [5, 5.41) is 10.4. The summed E-state index contributed by atoms with van der Waals surface area (Å²) in [6.07, 6.45) is 1.97. The van der Waals surface area contributed by atoms with Crippen LogP contribution in [-0.4, -0.2) is 46.8 Å². The number of allylic oxidation sites excluding steroid dienone is 2. The number of rotatable bonds is 3. The van der Waals surface area contributed by atoms with Crippen molar-refractivity contribution in [3.63, 3.8) is 0 Å². The van der Waals surface area contributed by atoms with Gasteiger partial charge in [0.25, 0.3) is 0 Å². The Morgan fingerprint density at radius 1 is 1.10 bits per heavy atom. The van der Waals surface area contributed by atoms with Crippen LogP contribution in [0.5, 0.6) is 11.5 Å². The maximum absolute atomic E-state index is 14.3. The van der Waals surface area contributed by atoms with E-state index in [0.29, 0.717) is 16.0 Å². The van der Waals surface area contributed by atoms with Gasteiger partial charge in [0.2, 0.25) is 23.6 Å². The third-order valence-corrected chi connectivity index (χ3v) is 9.48. The van der Waals surface area contributed by atoms with Gasteiger partial charge in [0.1, 0.15) is 5.82 Å². The minimum absolute atomic E-state index is 0.0454. The number of halogens is 2. The van der Waals surface area contributed by atoms with Crippen LogP contribution in [0.25, 0.3) is 0 Å². The van der Waals surface area contributed by atoms with E-state index < -0.39 is 70.5 Å². The van der Waals surface area contributed by atoms with E-state index in [9.17, 15) is 33.5 Å². The highest BCUT2D eigenvalue weighted by Gasteiger charge is 2.68. The Labute approximate surface area is 238 Å². The molecule has 4 aliphatic rings. The molecule has 212 valence electrons. The molecule has 10 nitrogen and oxygen atoms in total. The van der Waals surface area contributed by atoms with E-state index in [-0.39, 0.29) is 35.1 Å². The molecule has 0 aromatic heterocycles. The van der Waals surface area contributed by atoms with Crippen LogP contribution in [-0.2, 0) is 19.2 Å². The summed E-state index contributed by atoms with van der Waals surface area (Å²) in [4.78, 5) is 68.2. The fourth-order valence-corrected chi connectivity index (χ4v) is 7.54. The van der Waals surface area contributed by atoms with Gasteiger partial charge in [-0.2, -0.15) is 4.90 Å². The molecule has 2 saturated heterocycles. The molecule has 3 N–H and O–H groups in total. The van der Waals surface area contributed by atoms with Crippen LogP contribution in [0.3, 0.4) is 0 Å². The largest absolute Gasteiger partial charge is 0.504 e. The van der Waals surface area contributed by atoms with E-state index in [2.05, 4.69) is 0 Å². The van der Waals surface area contributed by atoms with Crippen molar-refractivity contribution in [2.24, 2.45) is 34.8 Å². The summed E-state index contributed by atoms with van der Waals surface area (Å²) in [5.74, 6) is -7.45. The molecule has 0 bridgehead atoms. The molecule has 6 rings (SSSR count). The van der Waals surface area contributed by atoms with E-state index in [1.165, 1.54) is 31.4 Å². The van der Waals surface area contributed by atoms with Crippen LogP contribution < -0.4 is 15.4 Å². The minimum Gasteiger partial charge on any atom is -0.504 e. The van der Waals surface area contributed by atoms with E-state index >= 15 is 0 Å². The first-order valence-corrected chi connectivity index (χ1v) is 13.4. The highest BCUT2D eigenvalue weighted by Crippen LogP contribution is 2.63. The smallest absolute Gasteiger partial charge is 0.328 e. The molecule has 2 aliphatic carbocycles. The molecule has 0 spiro atoms. The Bertz CT molecular complexity index is 1610. The van der Waals surface area contributed by atoms with E-state index in [0.717, 1.165) is 11.0 Å². The predicted octanol–water partition coefficient (Wildman–Crippen LogP) is 3.50. The number of primary amides is 1. The number of methoxy groups -OCH3 is 1. The second kappa shape index (κ2) is 9.13. The Morgan fingerprint density at radius 2 is 1.83 bits per heavy atom. The second-order valence-corrected chi connectivity index (χ2v) is 11.4. The molecule has 6 amide bonds. The van der Waals surface area contributed by atoms with Crippen molar-refractivity contribution in [2.75, 3.05) is 12.0 Å². The van der Waals surface area contributed by atoms with Crippen molar-refractivity contribution in [3.05, 3.63) is 64.5 Å². The first kappa shape index (κ1) is 26.9. The van der Waals surface area contributed by atoms with E-state index in [1.807, 2.05) is 0 Å². The summed E-state index contributed by atoms with van der Waals surface area (Å²) in [6.45, 7) is 1.66. The van der Waals surface area contributed by atoms with Crippen LogP contribution in [0, 0.1) is 34.9 Å². The van der Waals surface area contributed by atoms with Gasteiger partial charge in [0.15, 0.2) is 11.5 Å². The molecular weight excluding hydrogens is 557 g/mol. The second-order valence-electron chi connectivity index (χ2n) is 11.0. The molecule has 6 atom stereocenters. The van der Waals surface area contributed by atoms with Crippen molar-refractivity contribution in [2.45, 2.75) is 25.7 Å². The van der Waals surface area contributed by atoms with Crippen LogP contribution in [0.2, 0.25) is 5.02 Å². The number of urea groups is 1. The Hall–Kier alpha value is -4.25. The average Bonchev–Trinajstić information content (AvgIpc) is 3.30. The average molecular weight is 582 g/mol. The number of nitrogens with zero attached hydrogens (tertiary/aromatic N) is 2. The zero-order chi connectivity index (χ0) is 29.5. The first-order chi connectivity index (χ1) is 19.4. The predicted molar refractivity (Wildman–Crippen MR) is 142 cm³/mol. The van der Waals surface area contributed by atoms with Gasteiger partial charge in [0.05, 0.1) is 41.0 Å². The van der Waals surface area contributed by atoms with Gasteiger partial charge < -0.3 is 15.6 Å². The molecule has 2 aliphatic heterocycles. The number of likely N-dealkylation sites (tertiary alicyclic amines) is 1. The third kappa shape index (κ3) is 3.57. The number of benzene rings is 2. The number of aromatic hydroxyl groups is 1. The van der Waals surface area contributed by atoms with Crippen LogP contribution >= 0.6 is 11.6 Å².